The summed E-state index contributed by atoms with van der Waals surface area (Å²) in [5.74, 6) is 0.851. The molecule has 0 bridgehead atoms. The molecule has 0 radical (unpaired) electrons. The maximum Gasteiger partial charge on any atom is 0.289 e. The average Bonchev–Trinajstić information content (AvgIpc) is 3.33. The third-order valence-corrected chi connectivity index (χ3v) is 4.21. The number of ether oxygens (including phenoxy) is 2. The lowest BCUT2D eigenvalue weighted by molar-refractivity contribution is 0.0950. The first-order chi connectivity index (χ1) is 12.2. The molecule has 2 N–H and O–H groups in total. The van der Waals surface area contributed by atoms with E-state index < -0.39 is 0 Å². The Kier molecular flexibility index (Phi) is 5.10. The Morgan fingerprint density at radius 3 is 2.80 bits per heavy atom. The molecule has 0 saturated heterocycles. The molecule has 0 atom stereocenters. The van der Waals surface area contributed by atoms with E-state index in [1.165, 1.54) is 11.3 Å². The Bertz CT molecular complexity index is 887. The van der Waals surface area contributed by atoms with Crippen molar-refractivity contribution in [1.29, 1.82) is 0 Å². The molecule has 3 aromatic rings. The SMILES string of the molecule is COc1ccc(-c2cc(C(=O)N/N=C/c3cccs3)[nH]n2)cc1OC. The van der Waals surface area contributed by atoms with Gasteiger partial charge in [0.15, 0.2) is 11.5 Å². The van der Waals surface area contributed by atoms with Crippen LogP contribution in [0.25, 0.3) is 11.3 Å². The summed E-state index contributed by atoms with van der Waals surface area (Å²) in [6, 6.07) is 10.9. The van der Waals surface area contributed by atoms with Gasteiger partial charge in [-0.25, -0.2) is 5.43 Å². The molecule has 0 aliphatic heterocycles. The molecule has 0 aliphatic carbocycles. The van der Waals surface area contributed by atoms with Crippen molar-refractivity contribution >= 4 is 23.5 Å². The molecular weight excluding hydrogens is 340 g/mol. The van der Waals surface area contributed by atoms with E-state index in [1.54, 1.807) is 38.6 Å². The summed E-state index contributed by atoms with van der Waals surface area (Å²) in [5.41, 5.74) is 4.20. The van der Waals surface area contributed by atoms with Gasteiger partial charge in [-0.3, -0.25) is 9.89 Å². The molecule has 2 aromatic heterocycles. The van der Waals surface area contributed by atoms with Gasteiger partial charge in [0.05, 0.1) is 26.1 Å². The highest BCUT2D eigenvalue weighted by Crippen LogP contribution is 2.31. The molecule has 25 heavy (non-hydrogen) atoms. The van der Waals surface area contributed by atoms with Crippen molar-refractivity contribution in [3.05, 3.63) is 52.3 Å². The molecule has 0 unspecified atom stereocenters. The van der Waals surface area contributed by atoms with E-state index in [9.17, 15) is 4.79 Å². The third kappa shape index (κ3) is 3.86. The van der Waals surface area contributed by atoms with Crippen molar-refractivity contribution in [2.75, 3.05) is 14.2 Å². The maximum absolute atomic E-state index is 12.1. The summed E-state index contributed by atoms with van der Waals surface area (Å²) in [4.78, 5) is 13.1. The van der Waals surface area contributed by atoms with Crippen LogP contribution in [0.2, 0.25) is 0 Å². The predicted octanol–water partition coefficient (Wildman–Crippen LogP) is 2.92. The van der Waals surface area contributed by atoms with Crippen molar-refractivity contribution in [3.63, 3.8) is 0 Å². The minimum Gasteiger partial charge on any atom is -0.493 e. The van der Waals surface area contributed by atoms with Crippen LogP contribution in [-0.2, 0) is 0 Å². The Balaban J connectivity index is 1.72. The zero-order valence-electron chi connectivity index (χ0n) is 13.6. The van der Waals surface area contributed by atoms with Crippen molar-refractivity contribution in [2.24, 2.45) is 5.10 Å². The summed E-state index contributed by atoms with van der Waals surface area (Å²) in [7, 11) is 3.14. The molecule has 7 nitrogen and oxygen atoms in total. The Hall–Kier alpha value is -3.13. The van der Waals surface area contributed by atoms with Gasteiger partial charge in [0.1, 0.15) is 5.69 Å². The lowest BCUT2D eigenvalue weighted by atomic mass is 10.1. The van der Waals surface area contributed by atoms with Gasteiger partial charge in [0.2, 0.25) is 0 Å². The quantitative estimate of drug-likeness (QED) is 0.525. The molecule has 0 aliphatic rings. The minimum absolute atomic E-state index is 0.313. The second kappa shape index (κ2) is 7.63. The van der Waals surface area contributed by atoms with Crippen LogP contribution in [0.1, 0.15) is 15.4 Å². The molecule has 0 fully saturated rings. The number of hydrogen-bond acceptors (Lipinski definition) is 6. The van der Waals surface area contributed by atoms with Crippen LogP contribution in [0.5, 0.6) is 11.5 Å². The third-order valence-electron chi connectivity index (χ3n) is 3.40. The zero-order valence-corrected chi connectivity index (χ0v) is 14.5. The molecular formula is C17H16N4O3S. The summed E-state index contributed by atoms with van der Waals surface area (Å²) in [6.07, 6.45) is 1.59. The fourth-order valence-electron chi connectivity index (χ4n) is 2.16. The first-order valence-electron chi connectivity index (χ1n) is 7.36. The number of benzene rings is 1. The van der Waals surface area contributed by atoms with Crippen LogP contribution in [0.4, 0.5) is 0 Å². The van der Waals surface area contributed by atoms with Crippen LogP contribution in [-0.4, -0.2) is 36.5 Å². The Morgan fingerprint density at radius 2 is 2.08 bits per heavy atom. The Morgan fingerprint density at radius 1 is 1.24 bits per heavy atom. The van der Waals surface area contributed by atoms with Gasteiger partial charge in [-0.2, -0.15) is 10.2 Å². The molecule has 3 rings (SSSR count). The largest absolute Gasteiger partial charge is 0.493 e. The number of hydrogen-bond donors (Lipinski definition) is 2. The normalized spacial score (nSPS) is 10.8. The molecule has 0 saturated carbocycles. The van der Waals surface area contributed by atoms with Gasteiger partial charge in [-0.1, -0.05) is 6.07 Å². The summed E-state index contributed by atoms with van der Waals surface area (Å²) >= 11 is 1.54. The highest BCUT2D eigenvalue weighted by Gasteiger charge is 2.12. The van der Waals surface area contributed by atoms with E-state index in [1.807, 2.05) is 23.6 Å². The first-order valence-corrected chi connectivity index (χ1v) is 8.24. The average molecular weight is 356 g/mol. The number of carbonyl (C=O) groups is 1. The predicted molar refractivity (Wildman–Crippen MR) is 96.5 cm³/mol. The van der Waals surface area contributed by atoms with E-state index in [4.69, 9.17) is 9.47 Å². The maximum atomic E-state index is 12.1. The molecule has 2 heterocycles. The van der Waals surface area contributed by atoms with Gasteiger partial charge in [0, 0.05) is 10.4 Å². The van der Waals surface area contributed by atoms with Gasteiger partial charge >= 0.3 is 0 Å². The van der Waals surface area contributed by atoms with Crippen molar-refractivity contribution in [2.45, 2.75) is 0 Å². The fourth-order valence-corrected chi connectivity index (χ4v) is 2.75. The second-order valence-corrected chi connectivity index (χ2v) is 5.93. The van der Waals surface area contributed by atoms with E-state index in [0.717, 1.165) is 10.4 Å². The van der Waals surface area contributed by atoms with Crippen LogP contribution in [0.3, 0.4) is 0 Å². The summed E-state index contributed by atoms with van der Waals surface area (Å²) in [6.45, 7) is 0. The highest BCUT2D eigenvalue weighted by atomic mass is 32.1. The smallest absolute Gasteiger partial charge is 0.289 e. The van der Waals surface area contributed by atoms with Crippen LogP contribution in [0.15, 0.2) is 46.9 Å². The zero-order chi connectivity index (χ0) is 17.6. The number of amides is 1. The van der Waals surface area contributed by atoms with E-state index >= 15 is 0 Å². The highest BCUT2D eigenvalue weighted by molar-refractivity contribution is 7.11. The molecule has 128 valence electrons. The standard InChI is InChI=1S/C17H16N4O3S/c1-23-15-6-5-11(8-16(15)24-2)13-9-14(20-19-13)17(22)21-18-10-12-4-3-7-25-12/h3-10H,1-2H3,(H,19,20)(H,21,22)/b18-10+. The molecule has 1 amide bonds. The lowest BCUT2D eigenvalue weighted by Gasteiger charge is -2.08. The molecule has 0 spiro atoms. The van der Waals surface area contributed by atoms with Gasteiger partial charge < -0.3 is 9.47 Å². The Labute approximate surface area is 148 Å². The molecule has 8 heteroatoms. The minimum atomic E-state index is -0.368. The van der Waals surface area contributed by atoms with Gasteiger partial charge in [0.25, 0.3) is 5.91 Å². The number of methoxy groups -OCH3 is 2. The number of aromatic nitrogens is 2. The number of thiophene rings is 1. The summed E-state index contributed by atoms with van der Waals surface area (Å²) in [5, 5.41) is 12.7. The number of aromatic amines is 1. The number of rotatable bonds is 6. The van der Waals surface area contributed by atoms with E-state index in [2.05, 4.69) is 20.7 Å². The number of carbonyl (C=O) groups excluding carboxylic acids is 1. The van der Waals surface area contributed by atoms with E-state index in [-0.39, 0.29) is 5.91 Å². The van der Waals surface area contributed by atoms with E-state index in [0.29, 0.717) is 22.9 Å². The second-order valence-electron chi connectivity index (χ2n) is 4.95. The number of hydrazone groups is 1. The van der Waals surface area contributed by atoms with Crippen LogP contribution in [0, 0.1) is 0 Å². The van der Waals surface area contributed by atoms with Gasteiger partial charge in [-0.05, 0) is 35.7 Å². The van der Waals surface area contributed by atoms with Crippen molar-refractivity contribution in [3.8, 4) is 22.8 Å². The monoisotopic (exact) mass is 356 g/mol. The fraction of sp³-hybridized carbons (Fsp3) is 0.118. The lowest BCUT2D eigenvalue weighted by Crippen LogP contribution is -2.17. The van der Waals surface area contributed by atoms with Crippen molar-refractivity contribution < 1.29 is 14.3 Å². The van der Waals surface area contributed by atoms with Crippen molar-refractivity contribution in [1.82, 2.24) is 15.6 Å². The first kappa shape index (κ1) is 16.7. The van der Waals surface area contributed by atoms with Crippen LogP contribution >= 0.6 is 11.3 Å². The number of nitrogens with one attached hydrogen (secondary N) is 2. The number of H-pyrrole nitrogens is 1. The van der Waals surface area contributed by atoms with Crippen LogP contribution < -0.4 is 14.9 Å². The van der Waals surface area contributed by atoms with Gasteiger partial charge in [-0.15, -0.1) is 11.3 Å². The summed E-state index contributed by atoms with van der Waals surface area (Å²) < 4.78 is 10.5. The number of nitrogens with zero attached hydrogens (tertiary/aromatic N) is 2. The molecule has 1 aromatic carbocycles. The topological polar surface area (TPSA) is 88.6 Å².